The van der Waals surface area contributed by atoms with Gasteiger partial charge in [-0.05, 0) is 37.3 Å². The molecule has 74 valence electrons. The van der Waals surface area contributed by atoms with Gasteiger partial charge in [-0.2, -0.15) is 0 Å². The zero-order chi connectivity index (χ0) is 10.1. The number of rotatable bonds is 1. The number of aryl methyl sites for hydroxylation is 2. The number of primary amides is 1. The molecule has 0 aliphatic heterocycles. The maximum absolute atomic E-state index is 13.3. The molecule has 0 saturated carbocycles. The summed E-state index contributed by atoms with van der Waals surface area (Å²) in [5, 5.41) is 0. The van der Waals surface area contributed by atoms with Gasteiger partial charge >= 0.3 is 0 Å². The summed E-state index contributed by atoms with van der Waals surface area (Å²) < 4.78 is 13.3. The molecule has 2 rings (SSSR count). The Balaban J connectivity index is 2.50. The molecular formula is C10H11FN2O. The van der Waals surface area contributed by atoms with Crippen molar-refractivity contribution in [3.05, 3.63) is 28.8 Å². The number of nitrogens with zero attached hydrogens (tertiary/aromatic N) is 1. The van der Waals surface area contributed by atoms with Gasteiger partial charge in [-0.3, -0.25) is 4.79 Å². The van der Waals surface area contributed by atoms with Crippen LogP contribution in [0.25, 0.3) is 0 Å². The lowest BCUT2D eigenvalue weighted by Gasteiger charge is -2.15. The van der Waals surface area contributed by atoms with Crippen LogP contribution in [0.3, 0.4) is 0 Å². The minimum atomic E-state index is -0.795. The minimum Gasteiger partial charge on any atom is -0.364 e. The Kier molecular flexibility index (Phi) is 2.19. The molecule has 1 aliphatic rings. The van der Waals surface area contributed by atoms with Crippen molar-refractivity contribution in [2.24, 2.45) is 5.73 Å². The van der Waals surface area contributed by atoms with Crippen LogP contribution in [0.5, 0.6) is 0 Å². The van der Waals surface area contributed by atoms with Crippen molar-refractivity contribution in [3.63, 3.8) is 0 Å². The van der Waals surface area contributed by atoms with Crippen molar-refractivity contribution in [1.82, 2.24) is 4.98 Å². The van der Waals surface area contributed by atoms with Crippen LogP contribution in [0.15, 0.2) is 6.07 Å². The third-order valence-electron chi connectivity index (χ3n) is 2.49. The van der Waals surface area contributed by atoms with E-state index in [1.807, 2.05) is 0 Å². The van der Waals surface area contributed by atoms with Crippen LogP contribution in [-0.2, 0) is 12.8 Å². The quantitative estimate of drug-likeness (QED) is 0.730. The number of carbonyl (C=O) groups excluding carboxylic acids is 1. The second kappa shape index (κ2) is 3.36. The molecule has 0 aromatic carbocycles. The summed E-state index contributed by atoms with van der Waals surface area (Å²) >= 11 is 0. The second-order valence-electron chi connectivity index (χ2n) is 3.50. The van der Waals surface area contributed by atoms with Gasteiger partial charge in [0.05, 0.1) is 0 Å². The summed E-state index contributed by atoms with van der Waals surface area (Å²) in [7, 11) is 0. The molecular weight excluding hydrogens is 183 g/mol. The lowest BCUT2D eigenvalue weighted by atomic mass is 9.95. The molecule has 4 heteroatoms. The Morgan fingerprint density at radius 3 is 2.86 bits per heavy atom. The molecule has 2 N–H and O–H groups in total. The van der Waals surface area contributed by atoms with Gasteiger partial charge in [-0.15, -0.1) is 0 Å². The summed E-state index contributed by atoms with van der Waals surface area (Å²) in [4.78, 5) is 14.8. The number of pyridine rings is 1. The molecule has 0 unspecified atom stereocenters. The summed E-state index contributed by atoms with van der Waals surface area (Å²) in [6.45, 7) is 0. The third kappa shape index (κ3) is 1.47. The Hall–Kier alpha value is -1.45. The Morgan fingerprint density at radius 1 is 1.43 bits per heavy atom. The Morgan fingerprint density at radius 2 is 2.14 bits per heavy atom. The van der Waals surface area contributed by atoms with Crippen LogP contribution >= 0.6 is 0 Å². The van der Waals surface area contributed by atoms with Gasteiger partial charge in [0.2, 0.25) is 0 Å². The highest BCUT2D eigenvalue weighted by molar-refractivity contribution is 5.91. The fourth-order valence-electron chi connectivity index (χ4n) is 1.78. The van der Waals surface area contributed by atoms with E-state index in [4.69, 9.17) is 5.73 Å². The fraction of sp³-hybridized carbons (Fsp3) is 0.400. The lowest BCUT2D eigenvalue weighted by Crippen LogP contribution is -2.18. The smallest absolute Gasteiger partial charge is 0.270 e. The van der Waals surface area contributed by atoms with Crippen molar-refractivity contribution in [3.8, 4) is 0 Å². The zero-order valence-electron chi connectivity index (χ0n) is 7.72. The van der Waals surface area contributed by atoms with Crippen LogP contribution in [0.4, 0.5) is 4.39 Å². The van der Waals surface area contributed by atoms with E-state index < -0.39 is 11.7 Å². The molecule has 1 heterocycles. The average Bonchev–Trinajstić information content (AvgIpc) is 2.16. The number of carbonyl (C=O) groups is 1. The Labute approximate surface area is 81.1 Å². The Bertz CT molecular complexity index is 390. The molecule has 14 heavy (non-hydrogen) atoms. The highest BCUT2D eigenvalue weighted by Crippen LogP contribution is 2.21. The van der Waals surface area contributed by atoms with Crippen molar-refractivity contribution < 1.29 is 9.18 Å². The molecule has 0 fully saturated rings. The maximum Gasteiger partial charge on any atom is 0.270 e. The standard InChI is InChI=1S/C10H11FN2O/c11-7-5-6-3-1-2-4-8(6)13-9(7)10(12)14/h5H,1-4H2,(H2,12,14). The zero-order valence-corrected chi connectivity index (χ0v) is 7.72. The van der Waals surface area contributed by atoms with Gasteiger partial charge in [0.25, 0.3) is 5.91 Å². The van der Waals surface area contributed by atoms with E-state index in [0.717, 1.165) is 36.9 Å². The van der Waals surface area contributed by atoms with Gasteiger partial charge in [-0.25, -0.2) is 9.37 Å². The highest BCUT2D eigenvalue weighted by Gasteiger charge is 2.17. The topological polar surface area (TPSA) is 56.0 Å². The molecule has 0 spiro atoms. The second-order valence-corrected chi connectivity index (χ2v) is 3.50. The van der Waals surface area contributed by atoms with Crippen LogP contribution in [-0.4, -0.2) is 10.9 Å². The summed E-state index contributed by atoms with van der Waals surface area (Å²) in [6.07, 6.45) is 3.77. The van der Waals surface area contributed by atoms with Crippen molar-refractivity contribution in [1.29, 1.82) is 0 Å². The van der Waals surface area contributed by atoms with E-state index in [-0.39, 0.29) is 5.69 Å². The van der Waals surface area contributed by atoms with Crippen LogP contribution in [0.1, 0.15) is 34.6 Å². The number of halogens is 1. The molecule has 0 atom stereocenters. The number of fused-ring (bicyclic) bond motifs is 1. The molecule has 1 amide bonds. The van der Waals surface area contributed by atoms with Gasteiger partial charge in [0, 0.05) is 5.69 Å². The van der Waals surface area contributed by atoms with E-state index in [0.29, 0.717) is 0 Å². The van der Waals surface area contributed by atoms with Crippen LogP contribution in [0.2, 0.25) is 0 Å². The first-order valence-electron chi connectivity index (χ1n) is 4.66. The van der Waals surface area contributed by atoms with E-state index in [2.05, 4.69) is 4.98 Å². The van der Waals surface area contributed by atoms with Crippen molar-refractivity contribution in [2.75, 3.05) is 0 Å². The van der Waals surface area contributed by atoms with E-state index in [9.17, 15) is 9.18 Å². The summed E-state index contributed by atoms with van der Waals surface area (Å²) in [6, 6.07) is 1.39. The fourth-order valence-corrected chi connectivity index (χ4v) is 1.78. The molecule has 1 aromatic heterocycles. The van der Waals surface area contributed by atoms with Crippen LogP contribution < -0.4 is 5.73 Å². The number of amides is 1. The molecule has 1 aromatic rings. The number of nitrogens with two attached hydrogens (primary N) is 1. The first kappa shape index (κ1) is 9.12. The SMILES string of the molecule is NC(=O)c1nc2c(cc1F)CCCC2. The predicted molar refractivity (Wildman–Crippen MR) is 49.4 cm³/mol. The normalized spacial score (nSPS) is 14.9. The number of aromatic nitrogens is 1. The first-order valence-corrected chi connectivity index (χ1v) is 4.66. The lowest BCUT2D eigenvalue weighted by molar-refractivity contribution is 0.0991. The third-order valence-corrected chi connectivity index (χ3v) is 2.49. The van der Waals surface area contributed by atoms with Gasteiger partial charge in [-0.1, -0.05) is 0 Å². The average molecular weight is 194 g/mol. The molecule has 3 nitrogen and oxygen atoms in total. The number of hydrogen-bond donors (Lipinski definition) is 1. The van der Waals surface area contributed by atoms with Crippen molar-refractivity contribution >= 4 is 5.91 Å². The largest absolute Gasteiger partial charge is 0.364 e. The van der Waals surface area contributed by atoms with Crippen molar-refractivity contribution in [2.45, 2.75) is 25.7 Å². The van der Waals surface area contributed by atoms with Gasteiger partial charge in [0.15, 0.2) is 11.5 Å². The van der Waals surface area contributed by atoms with Gasteiger partial charge < -0.3 is 5.73 Å². The minimum absolute atomic E-state index is 0.231. The monoisotopic (exact) mass is 194 g/mol. The van der Waals surface area contributed by atoms with E-state index in [1.165, 1.54) is 6.07 Å². The predicted octanol–water partition coefficient (Wildman–Crippen LogP) is 1.20. The van der Waals surface area contributed by atoms with Gasteiger partial charge in [0.1, 0.15) is 0 Å². The van der Waals surface area contributed by atoms with E-state index >= 15 is 0 Å². The molecule has 1 aliphatic carbocycles. The highest BCUT2D eigenvalue weighted by atomic mass is 19.1. The summed E-state index contributed by atoms with van der Waals surface area (Å²) in [5.41, 5.74) is 6.52. The summed E-state index contributed by atoms with van der Waals surface area (Å²) in [5.74, 6) is -1.39. The molecule has 0 saturated heterocycles. The first-order chi connectivity index (χ1) is 6.68. The number of hydrogen-bond acceptors (Lipinski definition) is 2. The van der Waals surface area contributed by atoms with E-state index in [1.54, 1.807) is 0 Å². The maximum atomic E-state index is 13.3. The molecule has 0 bridgehead atoms. The van der Waals surface area contributed by atoms with Crippen LogP contribution in [0, 0.1) is 5.82 Å². The molecule has 0 radical (unpaired) electrons.